The molecule has 4 aromatic rings. The second kappa shape index (κ2) is 16.7. The number of nitrogens with one attached hydrogen (secondary N) is 2. The molecule has 0 aliphatic carbocycles. The fraction of sp³-hybridized carbons (Fsp3) is 0.419. The lowest BCUT2D eigenvalue weighted by atomic mass is 10.1. The minimum absolute atomic E-state index is 0.0375. The highest BCUT2D eigenvalue weighted by Gasteiger charge is 2.21. The lowest BCUT2D eigenvalue weighted by Gasteiger charge is -2.26. The summed E-state index contributed by atoms with van der Waals surface area (Å²) in [4.78, 5) is 21.1. The average Bonchev–Trinajstić information content (AvgIpc) is 3.66. The molecule has 0 radical (unpaired) electrons. The number of hydrogen-bond donors (Lipinski definition) is 2. The molecule has 1 unspecified atom stereocenters. The number of thioether (sulfide) groups is 1. The Bertz CT molecular complexity index is 2180. The van der Waals surface area contributed by atoms with Crippen LogP contribution in [0.3, 0.4) is 0 Å². The van der Waals surface area contributed by atoms with Crippen molar-refractivity contribution in [1.82, 2.24) is 9.97 Å². The Morgan fingerprint density at radius 1 is 0.679 bits per heavy atom. The van der Waals surface area contributed by atoms with E-state index >= 15 is 0 Å². The molecule has 0 amide bonds. The van der Waals surface area contributed by atoms with Crippen molar-refractivity contribution in [2.45, 2.75) is 87.5 Å². The number of aliphatic imine (C=N–C) groups is 2. The number of aromatic nitrogens is 2. The van der Waals surface area contributed by atoms with Gasteiger partial charge in [0.25, 0.3) is 0 Å². The molecule has 278 valence electrons. The number of hydrogen-bond acceptors (Lipinski definition) is 9. The van der Waals surface area contributed by atoms with Gasteiger partial charge in [-0.1, -0.05) is 5.87 Å². The number of nitrogens with zero attached hydrogens (tertiary/aromatic N) is 4. The predicted molar refractivity (Wildman–Crippen MR) is 228 cm³/mol. The molecule has 53 heavy (non-hydrogen) atoms. The molecule has 0 bridgehead atoms. The van der Waals surface area contributed by atoms with Gasteiger partial charge in [0, 0.05) is 69.9 Å². The van der Waals surface area contributed by atoms with Gasteiger partial charge in [-0.05, 0) is 137 Å². The average molecular weight is 749 g/mol. The van der Waals surface area contributed by atoms with Gasteiger partial charge in [-0.2, -0.15) is 10.5 Å². The summed E-state index contributed by atoms with van der Waals surface area (Å²) in [6.45, 7) is 18.0. The molecule has 2 fully saturated rings. The van der Waals surface area contributed by atoms with E-state index in [1.165, 1.54) is 43.2 Å². The Balaban J connectivity index is 0.000000164. The van der Waals surface area contributed by atoms with Crippen LogP contribution in [0.2, 0.25) is 0 Å². The van der Waals surface area contributed by atoms with E-state index in [0.717, 1.165) is 110 Å². The molecule has 4 aliphatic rings. The highest BCUT2D eigenvalue weighted by atomic mass is 32.2. The highest BCUT2D eigenvalue weighted by Crippen LogP contribution is 2.40. The number of ether oxygens (including phenoxy) is 2. The Morgan fingerprint density at radius 2 is 1.19 bits per heavy atom. The summed E-state index contributed by atoms with van der Waals surface area (Å²) >= 11 is 1.98. The van der Waals surface area contributed by atoms with Crippen LogP contribution in [0.1, 0.15) is 64.5 Å². The van der Waals surface area contributed by atoms with Crippen molar-refractivity contribution in [3.8, 4) is 0 Å². The van der Waals surface area contributed by atoms with Gasteiger partial charge in [0.05, 0.1) is 35.5 Å². The van der Waals surface area contributed by atoms with E-state index in [0.29, 0.717) is 10.5 Å². The summed E-state index contributed by atoms with van der Waals surface area (Å²) in [5.74, 6) is 6.51. The van der Waals surface area contributed by atoms with E-state index in [2.05, 4.69) is 102 Å². The zero-order valence-electron chi connectivity index (χ0n) is 32.0. The van der Waals surface area contributed by atoms with Gasteiger partial charge in [0.2, 0.25) is 0 Å². The number of benzene rings is 2. The fourth-order valence-electron chi connectivity index (χ4n) is 7.09. The number of fused-ring (bicyclic) bond motifs is 2. The summed E-state index contributed by atoms with van der Waals surface area (Å²) in [5, 5.41) is 10.6. The lowest BCUT2D eigenvalue weighted by molar-refractivity contribution is 0.0999. The summed E-state index contributed by atoms with van der Waals surface area (Å²) in [6.07, 6.45) is 8.19. The number of anilines is 2. The maximum atomic E-state index is 5.54. The Hall–Kier alpha value is -3.83. The van der Waals surface area contributed by atoms with Crippen molar-refractivity contribution in [2.24, 2.45) is 9.98 Å². The standard InChI is InChI=1S/C22H27N3OS.C21H25N3OS/c1-14-11-20-18(12-21(14)27(4)17-6-9-26-10-7-17)19(5-8-23-20)25-22-16(3)15(2)13-24-22;1-13-10-19-17(11-20(13)26-16-5-8-25-9-6-16)18(4-7-22-19)24-21-15(3)14(2)12-23-21/h5,8,11-12,17H,4,6-7,9-10,13H2,1-3H3,(H,23,24,25);4,7,10-11,16H,5-6,8-9,12H2,1-3H3,(H,22,23,24). The molecule has 4 aliphatic heterocycles. The second-order valence-corrected chi connectivity index (χ2v) is 17.9. The third-order valence-electron chi connectivity index (χ3n) is 10.8. The minimum Gasteiger partial charge on any atom is -0.381 e. The minimum atomic E-state index is -0.0375. The predicted octanol–water partition coefficient (Wildman–Crippen LogP) is 9.92. The van der Waals surface area contributed by atoms with E-state index in [4.69, 9.17) is 9.47 Å². The quantitative estimate of drug-likeness (QED) is 0.190. The molecule has 0 spiro atoms. The molecule has 1 atom stereocenters. The first-order valence-electron chi connectivity index (χ1n) is 18.8. The van der Waals surface area contributed by atoms with Crippen molar-refractivity contribution in [2.75, 3.05) is 50.2 Å². The van der Waals surface area contributed by atoms with Crippen LogP contribution in [0.15, 0.2) is 90.9 Å². The van der Waals surface area contributed by atoms with Gasteiger partial charge in [-0.3, -0.25) is 20.0 Å². The molecule has 8 nitrogen and oxygen atoms in total. The summed E-state index contributed by atoms with van der Waals surface area (Å²) < 4.78 is 11.0. The van der Waals surface area contributed by atoms with E-state index in [1.807, 2.05) is 36.3 Å². The normalized spacial score (nSPS) is 19.0. The topological polar surface area (TPSA) is 93.0 Å². The molecule has 2 N–H and O–H groups in total. The molecule has 8 rings (SSSR count). The highest BCUT2D eigenvalue weighted by molar-refractivity contribution is 8.14. The van der Waals surface area contributed by atoms with E-state index in [1.54, 1.807) is 0 Å². The number of pyridine rings is 2. The van der Waals surface area contributed by atoms with Crippen molar-refractivity contribution < 1.29 is 9.47 Å². The Morgan fingerprint density at radius 3 is 1.72 bits per heavy atom. The van der Waals surface area contributed by atoms with Crippen LogP contribution in [-0.2, 0) is 9.47 Å². The van der Waals surface area contributed by atoms with Crippen LogP contribution < -0.4 is 10.6 Å². The first kappa shape index (κ1) is 37.5. The SMILES string of the molecule is C=S(c1cc2c(NC3=NCC(C)=C3C)ccnc2cc1C)C1CCOCC1.CC1=C(C)C(Nc2ccnc3cc(C)c(SC4CCOCC4)cc23)=NC1. The van der Waals surface area contributed by atoms with E-state index in [-0.39, 0.29) is 10.5 Å². The molecule has 6 heterocycles. The lowest BCUT2D eigenvalue weighted by Crippen LogP contribution is -2.19. The van der Waals surface area contributed by atoms with Gasteiger partial charge in [-0.25, -0.2) is 0 Å². The molecule has 2 saturated heterocycles. The largest absolute Gasteiger partial charge is 0.381 e. The third kappa shape index (κ3) is 8.46. The van der Waals surface area contributed by atoms with Crippen molar-refractivity contribution in [3.05, 3.63) is 82.2 Å². The van der Waals surface area contributed by atoms with E-state index < -0.39 is 0 Å². The first-order valence-corrected chi connectivity index (χ1v) is 21.1. The van der Waals surface area contributed by atoms with Gasteiger partial charge in [0.15, 0.2) is 0 Å². The Labute approximate surface area is 321 Å². The number of aryl methyl sites for hydroxylation is 2. The first-order chi connectivity index (χ1) is 25.7. The van der Waals surface area contributed by atoms with Crippen LogP contribution >= 0.6 is 22.2 Å². The van der Waals surface area contributed by atoms with Crippen LogP contribution in [-0.4, -0.2) is 77.5 Å². The maximum absolute atomic E-state index is 5.54. The van der Waals surface area contributed by atoms with Crippen LogP contribution in [0.5, 0.6) is 0 Å². The summed E-state index contributed by atoms with van der Waals surface area (Å²) in [5.41, 5.74) is 11.9. The van der Waals surface area contributed by atoms with Crippen molar-refractivity contribution >= 4 is 73.0 Å². The van der Waals surface area contributed by atoms with Crippen LogP contribution in [0.25, 0.3) is 21.8 Å². The summed E-state index contributed by atoms with van der Waals surface area (Å²) in [6, 6.07) is 13.1. The van der Waals surface area contributed by atoms with Crippen LogP contribution in [0, 0.1) is 13.8 Å². The zero-order chi connectivity index (χ0) is 37.1. The van der Waals surface area contributed by atoms with Gasteiger partial charge < -0.3 is 20.1 Å². The zero-order valence-corrected chi connectivity index (χ0v) is 33.6. The Kier molecular flexibility index (Phi) is 11.8. The summed E-state index contributed by atoms with van der Waals surface area (Å²) in [7, 11) is -0.0375. The smallest absolute Gasteiger partial charge is 0.128 e. The van der Waals surface area contributed by atoms with Gasteiger partial charge in [0.1, 0.15) is 11.7 Å². The number of rotatable bonds is 6. The number of amidine groups is 2. The molecular formula is C43H52N6O2S2. The molecule has 0 saturated carbocycles. The molecular weight excluding hydrogens is 697 g/mol. The van der Waals surface area contributed by atoms with Gasteiger partial charge >= 0.3 is 0 Å². The molecule has 2 aromatic carbocycles. The molecule has 10 heteroatoms. The fourth-order valence-corrected chi connectivity index (χ4v) is 10.2. The van der Waals surface area contributed by atoms with Gasteiger partial charge in [-0.15, -0.1) is 11.8 Å². The van der Waals surface area contributed by atoms with Crippen molar-refractivity contribution in [3.63, 3.8) is 0 Å². The van der Waals surface area contributed by atoms with Crippen LogP contribution in [0.4, 0.5) is 11.4 Å². The maximum Gasteiger partial charge on any atom is 0.128 e. The van der Waals surface area contributed by atoms with Crippen molar-refractivity contribution in [1.29, 1.82) is 0 Å². The third-order valence-corrected chi connectivity index (χ3v) is 14.6. The molecule has 2 aromatic heterocycles. The second-order valence-electron chi connectivity index (χ2n) is 14.5. The van der Waals surface area contributed by atoms with E-state index in [9.17, 15) is 0 Å². The monoisotopic (exact) mass is 748 g/mol.